The van der Waals surface area contributed by atoms with E-state index in [4.69, 9.17) is 10.9 Å². The highest BCUT2D eigenvalue weighted by molar-refractivity contribution is 6.01. The molecule has 1 saturated carbocycles. The third kappa shape index (κ3) is 2.23. The first-order valence-electron chi connectivity index (χ1n) is 6.43. The third-order valence-electron chi connectivity index (χ3n) is 4.22. The molecule has 0 radical (unpaired) electrons. The Morgan fingerprint density at radius 2 is 2.12 bits per heavy atom. The van der Waals surface area contributed by atoms with Crippen LogP contribution < -0.4 is 5.73 Å². The fourth-order valence-electron chi connectivity index (χ4n) is 3.14. The first-order valence-corrected chi connectivity index (χ1v) is 6.43. The van der Waals surface area contributed by atoms with Crippen molar-refractivity contribution in [3.8, 4) is 0 Å². The Hall–Kier alpha value is -1.26. The molecule has 1 aliphatic heterocycles. The van der Waals surface area contributed by atoms with Crippen molar-refractivity contribution in [2.75, 3.05) is 6.54 Å². The second kappa shape index (κ2) is 4.94. The summed E-state index contributed by atoms with van der Waals surface area (Å²) in [5, 5.41) is 11.6. The van der Waals surface area contributed by atoms with Crippen LogP contribution in [0.2, 0.25) is 0 Å². The number of amidine groups is 1. The number of carbonyl (C=O) groups excluding carboxylic acids is 1. The van der Waals surface area contributed by atoms with Crippen LogP contribution in [0.3, 0.4) is 0 Å². The number of likely N-dealkylation sites (tertiary alicyclic amines) is 1. The van der Waals surface area contributed by atoms with E-state index < -0.39 is 5.92 Å². The van der Waals surface area contributed by atoms with Gasteiger partial charge in [0.1, 0.15) is 0 Å². The molecular weight excluding hydrogens is 218 g/mol. The summed E-state index contributed by atoms with van der Waals surface area (Å²) in [6.07, 6.45) is 5.97. The van der Waals surface area contributed by atoms with Gasteiger partial charge in [0.15, 0.2) is 5.84 Å². The number of hydrogen-bond acceptors (Lipinski definition) is 3. The van der Waals surface area contributed by atoms with Crippen LogP contribution in [-0.4, -0.2) is 34.4 Å². The molecule has 2 aliphatic rings. The molecule has 0 bridgehead atoms. The maximum atomic E-state index is 12.3. The summed E-state index contributed by atoms with van der Waals surface area (Å²) in [5.74, 6) is 0.178. The first-order chi connectivity index (χ1) is 8.15. The average molecular weight is 239 g/mol. The molecule has 0 aromatic rings. The number of oxime groups is 1. The number of fused-ring (bicyclic) bond motifs is 1. The quantitative estimate of drug-likeness (QED) is 0.328. The fourth-order valence-corrected chi connectivity index (χ4v) is 3.14. The lowest BCUT2D eigenvalue weighted by Gasteiger charge is -2.32. The van der Waals surface area contributed by atoms with Gasteiger partial charge in [-0.2, -0.15) is 0 Å². The van der Waals surface area contributed by atoms with Crippen LogP contribution in [0.15, 0.2) is 5.16 Å². The molecule has 0 aromatic carbocycles. The van der Waals surface area contributed by atoms with Crippen molar-refractivity contribution in [1.82, 2.24) is 4.90 Å². The summed E-state index contributed by atoms with van der Waals surface area (Å²) in [6.45, 7) is 2.53. The number of nitrogens with two attached hydrogens (primary N) is 1. The minimum Gasteiger partial charge on any atom is -0.409 e. The molecule has 5 heteroatoms. The van der Waals surface area contributed by atoms with Gasteiger partial charge in [-0.15, -0.1) is 0 Å². The lowest BCUT2D eigenvalue weighted by atomic mass is 9.85. The van der Waals surface area contributed by atoms with Crippen molar-refractivity contribution in [2.24, 2.45) is 22.7 Å². The highest BCUT2D eigenvalue weighted by Gasteiger charge is 2.39. The number of hydrogen-bond donors (Lipinski definition) is 2. The van der Waals surface area contributed by atoms with Gasteiger partial charge in [0.2, 0.25) is 5.91 Å². The summed E-state index contributed by atoms with van der Waals surface area (Å²) in [7, 11) is 0. The van der Waals surface area contributed by atoms with Crippen LogP contribution in [0, 0.1) is 11.8 Å². The van der Waals surface area contributed by atoms with Crippen molar-refractivity contribution in [2.45, 2.75) is 45.1 Å². The molecule has 0 spiro atoms. The second-order valence-electron chi connectivity index (χ2n) is 5.18. The molecule has 17 heavy (non-hydrogen) atoms. The maximum absolute atomic E-state index is 12.3. The van der Waals surface area contributed by atoms with E-state index in [-0.39, 0.29) is 11.7 Å². The highest BCUT2D eigenvalue weighted by atomic mass is 16.4. The normalized spacial score (nSPS) is 31.1. The molecule has 1 heterocycles. The Labute approximate surface area is 102 Å². The van der Waals surface area contributed by atoms with Gasteiger partial charge in [-0.1, -0.05) is 18.0 Å². The standard InChI is InChI=1S/C12H21N3O2/c1-8(11(13)14-17)12(16)15-7-6-9-4-2-3-5-10(9)15/h8-10,17H,2-7H2,1H3,(H2,13,14). The summed E-state index contributed by atoms with van der Waals surface area (Å²) < 4.78 is 0. The number of nitrogens with zero attached hydrogens (tertiary/aromatic N) is 2. The van der Waals surface area contributed by atoms with Crippen molar-refractivity contribution >= 4 is 11.7 Å². The number of carbonyl (C=O) groups is 1. The summed E-state index contributed by atoms with van der Waals surface area (Å²) in [6, 6.07) is 0.394. The lowest BCUT2D eigenvalue weighted by Crippen LogP contribution is -2.45. The predicted molar refractivity (Wildman–Crippen MR) is 64.6 cm³/mol. The van der Waals surface area contributed by atoms with E-state index in [1.54, 1.807) is 6.92 Å². The van der Waals surface area contributed by atoms with Crippen LogP contribution in [-0.2, 0) is 4.79 Å². The van der Waals surface area contributed by atoms with Gasteiger partial charge >= 0.3 is 0 Å². The molecule has 3 N–H and O–H groups in total. The van der Waals surface area contributed by atoms with Gasteiger partial charge < -0.3 is 15.8 Å². The number of amides is 1. The molecule has 2 fully saturated rings. The zero-order valence-electron chi connectivity index (χ0n) is 10.3. The zero-order valence-corrected chi connectivity index (χ0v) is 10.3. The maximum Gasteiger partial charge on any atom is 0.233 e. The van der Waals surface area contributed by atoms with E-state index in [2.05, 4.69) is 5.16 Å². The fraction of sp³-hybridized carbons (Fsp3) is 0.833. The molecular formula is C12H21N3O2. The van der Waals surface area contributed by atoms with Gasteiger partial charge in [-0.05, 0) is 32.1 Å². The van der Waals surface area contributed by atoms with E-state index in [0.717, 1.165) is 19.4 Å². The second-order valence-corrected chi connectivity index (χ2v) is 5.18. The van der Waals surface area contributed by atoms with Gasteiger partial charge in [0.05, 0.1) is 5.92 Å². The highest BCUT2D eigenvalue weighted by Crippen LogP contribution is 2.36. The molecule has 3 atom stereocenters. The van der Waals surface area contributed by atoms with E-state index in [1.165, 1.54) is 19.3 Å². The molecule has 1 saturated heterocycles. The molecule has 1 amide bonds. The largest absolute Gasteiger partial charge is 0.409 e. The number of rotatable bonds is 2. The van der Waals surface area contributed by atoms with Crippen LogP contribution in [0.5, 0.6) is 0 Å². The lowest BCUT2D eigenvalue weighted by molar-refractivity contribution is -0.134. The minimum absolute atomic E-state index is 0.00857. The molecule has 2 rings (SSSR count). The van der Waals surface area contributed by atoms with E-state index >= 15 is 0 Å². The Bertz CT molecular complexity index is 330. The van der Waals surface area contributed by atoms with Crippen molar-refractivity contribution in [3.63, 3.8) is 0 Å². The van der Waals surface area contributed by atoms with Crippen molar-refractivity contribution < 1.29 is 10.0 Å². The molecule has 5 nitrogen and oxygen atoms in total. The third-order valence-corrected chi connectivity index (χ3v) is 4.22. The van der Waals surface area contributed by atoms with Gasteiger partial charge in [-0.3, -0.25) is 4.79 Å². The molecule has 0 aromatic heterocycles. The predicted octanol–water partition coefficient (Wildman–Crippen LogP) is 1.16. The average Bonchev–Trinajstić information content (AvgIpc) is 2.79. The smallest absolute Gasteiger partial charge is 0.233 e. The molecule has 3 unspecified atom stereocenters. The molecule has 1 aliphatic carbocycles. The monoisotopic (exact) mass is 239 g/mol. The van der Waals surface area contributed by atoms with Crippen LogP contribution >= 0.6 is 0 Å². The van der Waals surface area contributed by atoms with E-state index in [1.807, 2.05) is 4.90 Å². The Balaban J connectivity index is 2.05. The molecule has 96 valence electrons. The van der Waals surface area contributed by atoms with E-state index in [9.17, 15) is 4.79 Å². The van der Waals surface area contributed by atoms with Crippen LogP contribution in [0.25, 0.3) is 0 Å². The Morgan fingerprint density at radius 1 is 1.41 bits per heavy atom. The van der Waals surface area contributed by atoms with Gasteiger partial charge in [-0.25, -0.2) is 0 Å². The van der Waals surface area contributed by atoms with Crippen molar-refractivity contribution in [3.05, 3.63) is 0 Å². The van der Waals surface area contributed by atoms with Crippen molar-refractivity contribution in [1.29, 1.82) is 0 Å². The van der Waals surface area contributed by atoms with E-state index in [0.29, 0.717) is 12.0 Å². The van der Waals surface area contributed by atoms with Gasteiger partial charge in [0, 0.05) is 12.6 Å². The first kappa shape index (κ1) is 12.2. The Kier molecular flexibility index (Phi) is 3.54. The zero-order chi connectivity index (χ0) is 12.4. The van der Waals surface area contributed by atoms with Crippen LogP contribution in [0.4, 0.5) is 0 Å². The van der Waals surface area contributed by atoms with Gasteiger partial charge in [0.25, 0.3) is 0 Å². The van der Waals surface area contributed by atoms with Crippen LogP contribution in [0.1, 0.15) is 39.0 Å². The summed E-state index contributed by atoms with van der Waals surface area (Å²) in [5.41, 5.74) is 5.51. The Morgan fingerprint density at radius 3 is 2.82 bits per heavy atom. The summed E-state index contributed by atoms with van der Waals surface area (Å²) >= 11 is 0. The summed E-state index contributed by atoms with van der Waals surface area (Å²) in [4.78, 5) is 14.2. The minimum atomic E-state index is -0.513. The topological polar surface area (TPSA) is 78.9 Å². The SMILES string of the molecule is CC(C(=O)N1CCC2CCCCC21)C(N)=NO.